The number of esters is 4. The van der Waals surface area contributed by atoms with E-state index in [1.54, 1.807) is 48.5 Å². The van der Waals surface area contributed by atoms with Crippen LogP contribution in [0.5, 0.6) is 0 Å². The smallest absolute Gasteiger partial charge is 0.338 e. The molecule has 388 valence electrons. The van der Waals surface area contributed by atoms with Gasteiger partial charge >= 0.3 is 23.9 Å². The largest absolute Gasteiger partial charge is 0.456 e. The summed E-state index contributed by atoms with van der Waals surface area (Å²) in [6, 6.07) is 14.7. The quantitative estimate of drug-likeness (QED) is 0.0850. The molecule has 2 saturated heterocycles. The number of carbonyl (C=O) groups excluding carboxylic acids is 6. The van der Waals surface area contributed by atoms with Crippen LogP contribution in [-0.2, 0) is 57.1 Å². The molecule has 0 radical (unpaired) electrons. The predicted octanol–water partition coefficient (Wildman–Crippen LogP) is 2.71. The van der Waals surface area contributed by atoms with Crippen molar-refractivity contribution in [1.29, 1.82) is 0 Å². The molecular weight excluding hydrogens is 927 g/mol. The molecule has 0 aromatic heterocycles. The van der Waals surface area contributed by atoms with Gasteiger partial charge in [0.2, 0.25) is 5.91 Å². The van der Waals surface area contributed by atoms with Gasteiger partial charge in [-0.3, -0.25) is 19.2 Å². The topological polar surface area (TPSA) is 280 Å². The van der Waals surface area contributed by atoms with Gasteiger partial charge in [-0.2, -0.15) is 0 Å². The molecule has 19 heteroatoms. The van der Waals surface area contributed by atoms with Crippen molar-refractivity contribution in [3.63, 3.8) is 0 Å². The lowest BCUT2D eigenvalue weighted by Gasteiger charge is -2.68. The third-order valence-electron chi connectivity index (χ3n) is 15.8. The highest BCUT2D eigenvalue weighted by Gasteiger charge is 2.79. The number of nitrogens with one attached hydrogen (secondary N) is 1. The highest BCUT2D eigenvalue weighted by Crippen LogP contribution is 2.65. The third-order valence-corrected chi connectivity index (χ3v) is 15.8. The molecule has 1 unspecified atom stereocenters. The van der Waals surface area contributed by atoms with Gasteiger partial charge in [0.1, 0.15) is 42.2 Å². The number of amides is 1. The number of ether oxygens (including phenoxy) is 7. The van der Waals surface area contributed by atoms with E-state index in [-0.39, 0.29) is 35.5 Å². The van der Waals surface area contributed by atoms with Crippen LogP contribution in [0.4, 0.5) is 0 Å². The summed E-state index contributed by atoms with van der Waals surface area (Å²) < 4.78 is 43.1. The Labute approximate surface area is 412 Å². The zero-order chi connectivity index (χ0) is 52.0. The third kappa shape index (κ3) is 9.79. The van der Waals surface area contributed by atoms with Gasteiger partial charge in [-0.15, -0.1) is 0 Å². The van der Waals surface area contributed by atoms with Gasteiger partial charge in [-0.25, -0.2) is 9.59 Å². The number of benzene rings is 2. The Bertz CT molecular complexity index is 2360. The lowest BCUT2D eigenvalue weighted by Crippen LogP contribution is -2.82. The first-order valence-corrected chi connectivity index (χ1v) is 24.2. The van der Waals surface area contributed by atoms with Gasteiger partial charge in [-0.1, -0.05) is 82.6 Å². The summed E-state index contributed by atoms with van der Waals surface area (Å²) in [5.74, 6) is -6.80. The maximum absolute atomic E-state index is 16.2. The maximum atomic E-state index is 16.2. The summed E-state index contributed by atoms with van der Waals surface area (Å²) in [5, 5.41) is 60.9. The van der Waals surface area contributed by atoms with E-state index in [1.165, 1.54) is 39.8 Å². The second kappa shape index (κ2) is 20.8. The van der Waals surface area contributed by atoms with Crippen molar-refractivity contribution in [3.05, 3.63) is 82.9 Å². The molecule has 16 atom stereocenters. The van der Waals surface area contributed by atoms with Gasteiger partial charge in [0.25, 0.3) is 0 Å². The van der Waals surface area contributed by atoms with E-state index in [2.05, 4.69) is 5.32 Å². The first-order valence-electron chi connectivity index (χ1n) is 24.2. The van der Waals surface area contributed by atoms with E-state index < -0.39 is 150 Å². The molecule has 4 fully saturated rings. The summed E-state index contributed by atoms with van der Waals surface area (Å²) in [6.45, 7) is 11.3. The Morgan fingerprint density at radius 2 is 1.54 bits per heavy atom. The van der Waals surface area contributed by atoms with Crippen molar-refractivity contribution in [1.82, 2.24) is 5.32 Å². The van der Waals surface area contributed by atoms with Gasteiger partial charge in [0.05, 0.1) is 42.3 Å². The van der Waals surface area contributed by atoms with E-state index in [4.69, 9.17) is 33.2 Å². The van der Waals surface area contributed by atoms with Crippen LogP contribution in [0.25, 0.3) is 0 Å². The molecular formula is C52H67NO18. The molecule has 2 aliphatic heterocycles. The Hall–Kier alpha value is -5.12. The van der Waals surface area contributed by atoms with E-state index in [0.717, 1.165) is 20.3 Å². The van der Waals surface area contributed by atoms with Crippen molar-refractivity contribution in [2.24, 2.45) is 22.7 Å². The summed E-state index contributed by atoms with van der Waals surface area (Å²) in [6.07, 6.45) is -16.3. The molecule has 2 aromatic carbocycles. The minimum atomic E-state index is -2.49. The summed E-state index contributed by atoms with van der Waals surface area (Å²) in [4.78, 5) is 85.4. The van der Waals surface area contributed by atoms with Crippen LogP contribution in [0.15, 0.2) is 71.8 Å². The Kier molecular flexibility index (Phi) is 15.7. The van der Waals surface area contributed by atoms with Crippen LogP contribution >= 0.6 is 0 Å². The molecule has 0 spiro atoms. The van der Waals surface area contributed by atoms with Gasteiger partial charge in [0.15, 0.2) is 29.9 Å². The van der Waals surface area contributed by atoms with Crippen LogP contribution in [0.1, 0.15) is 109 Å². The predicted molar refractivity (Wildman–Crippen MR) is 247 cm³/mol. The van der Waals surface area contributed by atoms with E-state index in [0.29, 0.717) is 12.0 Å². The number of Topliss-reactive ketones (excluding diaryl/α,β-unsaturated/α-hetero) is 1. The second-order valence-corrected chi connectivity index (χ2v) is 20.5. The highest BCUT2D eigenvalue weighted by atomic mass is 16.7. The second-order valence-electron chi connectivity index (χ2n) is 20.5. The molecule has 2 aromatic rings. The number of aliphatic hydroxyl groups excluding tert-OH is 4. The SMILES string of the molecule is CCC(C)CCC(=O)N[C@@H](c1ccccc1)[C@@H](O)C(=O)O[C@H]1C[C@@]2(O)[C@@H](OC(=O)c3ccccc3)[C@@H]3[C@]4(OC(C)=O)CO[C@@H]4C[C@H](O[C@@H]4OC[C@@H](O)[C@H](O)[C@H]4O)[C@@]3(C)C(=O)[C@H](OC(C)=O)C(=C1C)C2(C)C. The zero-order valence-corrected chi connectivity index (χ0v) is 41.3. The number of carbonyl (C=O) groups is 6. The van der Waals surface area contributed by atoms with E-state index in [1.807, 2.05) is 13.8 Å². The number of fused-ring (bicyclic) bond motifs is 5. The molecule has 1 amide bonds. The standard InChI is InChI=1S/C52H67NO18/c1-9-26(2)20-21-36(57)53-38(30-16-12-10-13-17-30)40(59)47(63)68-33-23-52(64)45(70-46(62)31-18-14-11-15-19-31)43-50(8,44(61)42(67-28(4)54)37(27(33)3)49(52,6)7)34(22-35-51(43,25-66-35)71-29(5)55)69-48-41(60)39(58)32(56)24-65-48/h10-19,26,32-35,38-43,45,48,56,58-60,64H,9,20-25H2,1-8H3,(H,53,57)/t26?,32-,33+,34+,35-,38+,39+,40-,41-,42-,43+,45+,48+,50-,51+,52-/m1/s1. The van der Waals surface area contributed by atoms with Crippen molar-refractivity contribution < 1.29 is 87.5 Å². The molecule has 2 heterocycles. The molecule has 71 heavy (non-hydrogen) atoms. The lowest BCUT2D eigenvalue weighted by molar-refractivity contribution is -0.366. The zero-order valence-electron chi connectivity index (χ0n) is 41.3. The van der Waals surface area contributed by atoms with Crippen molar-refractivity contribution in [2.75, 3.05) is 13.2 Å². The molecule has 5 aliphatic rings. The Morgan fingerprint density at radius 3 is 2.13 bits per heavy atom. The number of rotatable bonds is 15. The summed E-state index contributed by atoms with van der Waals surface area (Å²) >= 11 is 0. The summed E-state index contributed by atoms with van der Waals surface area (Å²) in [5.41, 5.74) is -7.85. The molecule has 19 nitrogen and oxygen atoms in total. The van der Waals surface area contributed by atoms with Crippen LogP contribution < -0.4 is 5.32 Å². The number of ketones is 1. The highest BCUT2D eigenvalue weighted by molar-refractivity contribution is 5.95. The normalized spacial score (nSPS) is 35.4. The van der Waals surface area contributed by atoms with Gasteiger partial charge in [0, 0.05) is 38.5 Å². The minimum Gasteiger partial charge on any atom is -0.456 e. The average molecular weight is 994 g/mol. The van der Waals surface area contributed by atoms with Crippen molar-refractivity contribution >= 4 is 35.6 Å². The fourth-order valence-corrected chi connectivity index (χ4v) is 11.4. The monoisotopic (exact) mass is 993 g/mol. The molecule has 3 aliphatic carbocycles. The number of aliphatic hydroxyl groups is 5. The van der Waals surface area contributed by atoms with Crippen molar-refractivity contribution in [2.45, 2.75) is 166 Å². The molecule has 2 saturated carbocycles. The minimum absolute atomic E-state index is 0.0200. The average Bonchev–Trinajstić information content (AvgIpc) is 3.32. The summed E-state index contributed by atoms with van der Waals surface area (Å²) in [7, 11) is 0. The van der Waals surface area contributed by atoms with Crippen LogP contribution in [0, 0.1) is 22.7 Å². The molecule has 7 rings (SSSR count). The fourth-order valence-electron chi connectivity index (χ4n) is 11.4. The number of hydrogen-bond acceptors (Lipinski definition) is 18. The first kappa shape index (κ1) is 53.7. The molecule has 6 N–H and O–H groups in total. The van der Waals surface area contributed by atoms with Gasteiger partial charge < -0.3 is 64.0 Å². The van der Waals surface area contributed by atoms with Gasteiger partial charge in [-0.05, 0) is 55.0 Å². The maximum Gasteiger partial charge on any atom is 0.338 e. The van der Waals surface area contributed by atoms with E-state index in [9.17, 15) is 49.5 Å². The molecule has 2 bridgehead atoms. The fraction of sp³-hybridized carbons (Fsp3) is 0.615. The van der Waals surface area contributed by atoms with E-state index >= 15 is 4.79 Å². The van der Waals surface area contributed by atoms with Crippen LogP contribution in [0.3, 0.4) is 0 Å². The Balaban J connectivity index is 1.41. The Morgan fingerprint density at radius 1 is 0.887 bits per heavy atom. The van der Waals surface area contributed by atoms with Crippen LogP contribution in [-0.4, -0.2) is 147 Å². The van der Waals surface area contributed by atoms with Crippen LogP contribution in [0.2, 0.25) is 0 Å². The number of hydrogen-bond donors (Lipinski definition) is 6. The lowest BCUT2D eigenvalue weighted by atomic mass is 9.44. The van der Waals surface area contributed by atoms with Crippen molar-refractivity contribution in [3.8, 4) is 0 Å². The first-order chi connectivity index (χ1) is 33.4.